The van der Waals surface area contributed by atoms with Gasteiger partial charge in [0.25, 0.3) is 12.4 Å². The van der Waals surface area contributed by atoms with Crippen molar-refractivity contribution >= 4 is 0 Å². The highest BCUT2D eigenvalue weighted by Crippen LogP contribution is 2.31. The molecule has 0 amide bonds. The molecule has 15 N–H and O–H groups in total. The quantitative estimate of drug-likeness (QED) is 0.0521. The molecule has 6 rings (SSSR count). The minimum Gasteiger partial charge on any atom is -0.388 e. The van der Waals surface area contributed by atoms with Gasteiger partial charge in [0.15, 0.2) is 37.6 Å². The van der Waals surface area contributed by atoms with E-state index in [4.69, 9.17) is 52.3 Å². The van der Waals surface area contributed by atoms with Crippen molar-refractivity contribution < 1.29 is 134 Å². The molecule has 6 saturated heterocycles. The number of aliphatic hydroxyl groups excluding tert-OH is 14. The molecule has 6 heterocycles. The maximum atomic E-state index is 10.7. The molecule has 0 aromatic rings. The lowest BCUT2D eigenvalue weighted by Gasteiger charge is -2.43. The van der Waals surface area contributed by atoms with E-state index in [9.17, 15) is 76.7 Å². The van der Waals surface area contributed by atoms with Gasteiger partial charge in [0.05, 0.1) is 33.0 Å². The predicted molar refractivity (Wildman–Crippen MR) is 167 cm³/mol. The third kappa shape index (κ3) is 9.86. The lowest BCUT2D eigenvalue weighted by atomic mass is 10.0. The number of ether oxygens (including phenoxy) is 10. The Hall–Kier alpha value is -1.08. The van der Waals surface area contributed by atoms with Gasteiger partial charge < -0.3 is 119 Å². The molecule has 57 heavy (non-hydrogen) atoms. The Kier molecular flexibility index (Phi) is 15.4. The average molecular weight is 844 g/mol. The van der Waals surface area contributed by atoms with Crippen LogP contribution >= 0.6 is 0 Å². The van der Waals surface area contributed by atoms with Gasteiger partial charge in [0, 0.05) is 0 Å². The Morgan fingerprint density at radius 3 is 1.14 bits per heavy atom. The van der Waals surface area contributed by atoms with Gasteiger partial charge in [-0.2, -0.15) is 0 Å². The topological polar surface area (TPSA) is 408 Å². The van der Waals surface area contributed by atoms with Gasteiger partial charge in [-0.05, 0) is 4.89 Å². The molecule has 27 heteroatoms. The highest BCUT2D eigenvalue weighted by Gasteiger charge is 2.54. The molecule has 0 radical (unpaired) electrons. The SMILES string of the molecule is O[C@@H]1[C@@H](O)[C@H](O[C@@H]2CO[C@@H](O[C@@H]3CO[C@@H](O[O+](O)[C@@H]4CO[C@@H](O[C@@H]5CO[C@@H](O[C@@H]6CO[C@@H](O)[C@H](O)[C@H]6O)[C@H](O)[C@H]5O)[C@H](O)[C@H]4O)[C@H](O)[C@H]3O)[C@H](O)[C@H]2O)OC[C@H]1O. The van der Waals surface area contributed by atoms with E-state index in [1.165, 1.54) is 0 Å². The van der Waals surface area contributed by atoms with Gasteiger partial charge in [-0.1, -0.05) is 9.93 Å². The summed E-state index contributed by atoms with van der Waals surface area (Å²) in [7, 11) is 0. The van der Waals surface area contributed by atoms with Crippen LogP contribution in [0.3, 0.4) is 0 Å². The third-order valence-corrected chi connectivity index (χ3v) is 10.3. The Bertz CT molecular complexity index is 1260. The molecule has 0 aliphatic carbocycles. The normalized spacial score (nSPS) is 52.8. The lowest BCUT2D eigenvalue weighted by Crippen LogP contribution is -2.63. The molecule has 0 saturated carbocycles. The molecule has 332 valence electrons. The van der Waals surface area contributed by atoms with Gasteiger partial charge in [-0.15, -0.1) is 0 Å². The van der Waals surface area contributed by atoms with E-state index in [1.54, 1.807) is 0 Å². The van der Waals surface area contributed by atoms with Crippen molar-refractivity contribution in [2.24, 2.45) is 0 Å². The van der Waals surface area contributed by atoms with Crippen molar-refractivity contribution in [1.29, 1.82) is 0 Å². The second-order valence-electron chi connectivity index (χ2n) is 14.3. The number of aliphatic hydroxyl groups is 14. The lowest BCUT2D eigenvalue weighted by molar-refractivity contribution is -0.698. The van der Waals surface area contributed by atoms with Crippen LogP contribution in [-0.2, 0) is 56.9 Å². The first-order valence-electron chi connectivity index (χ1n) is 17.9. The molecule has 0 bridgehead atoms. The molecular weight excluding hydrogens is 792 g/mol. The van der Waals surface area contributed by atoms with E-state index in [1.807, 2.05) is 0 Å². The molecule has 0 unspecified atom stereocenters. The second-order valence-corrected chi connectivity index (χ2v) is 14.3. The van der Waals surface area contributed by atoms with Crippen LogP contribution in [0.4, 0.5) is 0 Å². The molecular formula is C30H51O27+. The third-order valence-electron chi connectivity index (χ3n) is 10.3. The van der Waals surface area contributed by atoms with E-state index in [2.05, 4.69) is 0 Å². The first-order chi connectivity index (χ1) is 27.0. The molecule has 6 fully saturated rings. The Morgan fingerprint density at radius 2 is 0.667 bits per heavy atom. The summed E-state index contributed by atoms with van der Waals surface area (Å²) >= 11 is 0. The highest BCUT2D eigenvalue weighted by atomic mass is 17.6. The van der Waals surface area contributed by atoms with Crippen LogP contribution in [-0.4, -0.2) is 264 Å². The van der Waals surface area contributed by atoms with Crippen LogP contribution in [0.1, 0.15) is 0 Å². The fourth-order valence-corrected chi connectivity index (χ4v) is 6.71. The number of hydrogen-bond acceptors (Lipinski definition) is 26. The van der Waals surface area contributed by atoms with Crippen LogP contribution in [0.25, 0.3) is 0 Å². The molecule has 6 aliphatic rings. The first kappa shape index (κ1) is 45.4. The molecule has 0 spiro atoms. The summed E-state index contributed by atoms with van der Waals surface area (Å²) in [6, 6.07) is 0. The van der Waals surface area contributed by atoms with Gasteiger partial charge in [-0.3, -0.25) is 0 Å². The van der Waals surface area contributed by atoms with Crippen LogP contribution in [0, 0.1) is 0 Å². The maximum absolute atomic E-state index is 10.7. The summed E-state index contributed by atoms with van der Waals surface area (Å²) in [5.41, 5.74) is 0. The molecule has 27 nitrogen and oxygen atoms in total. The van der Waals surface area contributed by atoms with Gasteiger partial charge in [0.1, 0.15) is 104 Å². The first-order valence-corrected chi connectivity index (χ1v) is 17.9. The van der Waals surface area contributed by atoms with Crippen LogP contribution in [0.2, 0.25) is 0 Å². The van der Waals surface area contributed by atoms with Crippen molar-refractivity contribution in [1.82, 2.24) is 0 Å². The van der Waals surface area contributed by atoms with Crippen molar-refractivity contribution in [2.75, 3.05) is 39.6 Å². The number of rotatable bonds is 11. The largest absolute Gasteiger partial charge is 0.388 e. The summed E-state index contributed by atoms with van der Waals surface area (Å²) in [5.74, 6) is 0. The van der Waals surface area contributed by atoms with Gasteiger partial charge in [-0.25, -0.2) is 0 Å². The summed E-state index contributed by atoms with van der Waals surface area (Å²) in [6.45, 7) is -2.89. The molecule has 24 atom stereocenters. The summed E-state index contributed by atoms with van der Waals surface area (Å²) in [5, 5.41) is 155. The van der Waals surface area contributed by atoms with E-state index in [0.717, 1.165) is 4.67 Å². The zero-order valence-electron chi connectivity index (χ0n) is 29.7. The van der Waals surface area contributed by atoms with Crippen LogP contribution in [0.5, 0.6) is 0 Å². The molecule has 0 aromatic heterocycles. The average Bonchev–Trinajstić information content (AvgIpc) is 3.18. The van der Waals surface area contributed by atoms with Crippen molar-refractivity contribution in [3.05, 3.63) is 0 Å². The number of hydrogen-bond donors (Lipinski definition) is 15. The standard InChI is InChI=1S/C30H51O27/c31-7-1-47-26(20(39)13(7)32)53-9-3-49-28(22(41)15(9)34)54-11-5-50-30(23(42)17(11)36)56-57(45)12-6-51-29(24(43)18(12)37)55-10-4-48-27(21(40)16(10)35)52-8-2-46-25(44)19(38)14(8)33/h7-45H,1-6H2/q+1/t7-,8-,9-,10-,11-,12-,13+,14+,15+,16+,17+,18+,19-,20-,21-,22-,23-,24-,25-,26+,27+,28+,29+,30+/m1/s1. The minimum atomic E-state index is -1.97. The predicted octanol–water partition coefficient (Wildman–Crippen LogP) is -10.3. The highest BCUT2D eigenvalue weighted by molar-refractivity contribution is 4.92. The second kappa shape index (κ2) is 19.3. The van der Waals surface area contributed by atoms with E-state index < -0.39 is 174 Å². The zero-order chi connectivity index (χ0) is 41.5. The van der Waals surface area contributed by atoms with E-state index >= 15 is 0 Å². The Morgan fingerprint density at radius 1 is 0.333 bits per heavy atom. The van der Waals surface area contributed by atoms with Crippen molar-refractivity contribution in [2.45, 2.75) is 148 Å². The van der Waals surface area contributed by atoms with E-state index in [0.29, 0.717) is 0 Å². The smallest absolute Gasteiger partial charge is 0.293 e. The Labute approximate surface area is 321 Å². The molecule has 6 aliphatic heterocycles. The Balaban J connectivity index is 0.934. The van der Waals surface area contributed by atoms with Gasteiger partial charge in [0.2, 0.25) is 0 Å². The fourth-order valence-electron chi connectivity index (χ4n) is 6.71. The molecule has 0 aromatic carbocycles. The van der Waals surface area contributed by atoms with E-state index in [-0.39, 0.29) is 13.2 Å². The van der Waals surface area contributed by atoms with Gasteiger partial charge >= 0.3 is 0 Å². The monoisotopic (exact) mass is 843 g/mol. The maximum Gasteiger partial charge on any atom is 0.293 e. The zero-order valence-corrected chi connectivity index (χ0v) is 29.7. The fraction of sp³-hybridized carbons (Fsp3) is 1.00. The van der Waals surface area contributed by atoms with Crippen molar-refractivity contribution in [3.63, 3.8) is 0 Å². The summed E-state index contributed by atoms with van der Waals surface area (Å²) in [4.78, 5) is 5.09. The van der Waals surface area contributed by atoms with Crippen molar-refractivity contribution in [3.8, 4) is 0 Å². The van der Waals surface area contributed by atoms with Crippen LogP contribution < -0.4 is 0 Å². The minimum absolute atomic E-state index is 0.381. The summed E-state index contributed by atoms with van der Waals surface area (Å²) < 4.78 is 54.4. The summed E-state index contributed by atoms with van der Waals surface area (Å²) in [6.07, 6.45) is -39.6. The van der Waals surface area contributed by atoms with Crippen LogP contribution in [0.15, 0.2) is 0 Å².